The van der Waals surface area contributed by atoms with E-state index >= 15 is 0 Å². The molecule has 0 fully saturated rings. The van der Waals surface area contributed by atoms with Crippen molar-refractivity contribution < 1.29 is 0 Å². The number of rotatable bonds is 12. The van der Waals surface area contributed by atoms with Gasteiger partial charge in [-0.05, 0) is 41.9 Å². The summed E-state index contributed by atoms with van der Waals surface area (Å²) in [5, 5.41) is 0. The second-order valence-electron chi connectivity index (χ2n) is 4.83. The van der Waals surface area contributed by atoms with E-state index in [4.69, 9.17) is 0 Å². The van der Waals surface area contributed by atoms with E-state index in [1.54, 1.807) is 0 Å². The van der Waals surface area contributed by atoms with Crippen molar-refractivity contribution in [2.45, 2.75) is 51.4 Å². The summed E-state index contributed by atoms with van der Waals surface area (Å²) in [6.07, 6.45) is 16.1. The van der Waals surface area contributed by atoms with Gasteiger partial charge in [0, 0.05) is 0 Å². The number of allylic oxidation sites excluding steroid dienone is 3. The lowest BCUT2D eigenvalue weighted by Crippen LogP contribution is -2.18. The Morgan fingerprint density at radius 2 is 1.24 bits per heavy atom. The topological polar surface area (TPSA) is 0 Å². The Kier molecular flexibility index (Phi) is 11.0. The van der Waals surface area contributed by atoms with Crippen LogP contribution in [-0.2, 0) is 0 Å². The van der Waals surface area contributed by atoms with E-state index in [1.807, 2.05) is 0 Å². The molecule has 0 aromatic heterocycles. The Bertz CT molecular complexity index is 191. The molecule has 0 atom stereocenters. The van der Waals surface area contributed by atoms with Gasteiger partial charge in [-0.25, -0.2) is 0 Å². The summed E-state index contributed by atoms with van der Waals surface area (Å²) in [6, 6.07) is 0. The standard InChI is InChI=1S/C16H27I/c1-4-11-16(12-5-2,13-6-3)14-9-7-8-10-15-17/h4-6H,1-3,7-15H2. The van der Waals surface area contributed by atoms with Crippen molar-refractivity contribution in [3.63, 3.8) is 0 Å². The van der Waals surface area contributed by atoms with Gasteiger partial charge in [-0.1, -0.05) is 60.1 Å². The van der Waals surface area contributed by atoms with Crippen LogP contribution in [0.15, 0.2) is 38.0 Å². The fourth-order valence-electron chi connectivity index (χ4n) is 2.42. The Balaban J connectivity index is 4.18. The molecule has 0 radical (unpaired) electrons. The highest BCUT2D eigenvalue weighted by atomic mass is 127. The minimum atomic E-state index is 0.343. The van der Waals surface area contributed by atoms with Crippen molar-refractivity contribution >= 4 is 22.6 Å². The summed E-state index contributed by atoms with van der Waals surface area (Å²) in [5.41, 5.74) is 0.343. The maximum atomic E-state index is 3.90. The van der Waals surface area contributed by atoms with Crippen LogP contribution in [0.5, 0.6) is 0 Å². The van der Waals surface area contributed by atoms with Crippen LogP contribution in [0.4, 0.5) is 0 Å². The summed E-state index contributed by atoms with van der Waals surface area (Å²) in [6.45, 7) is 11.7. The van der Waals surface area contributed by atoms with Gasteiger partial charge in [-0.3, -0.25) is 0 Å². The summed E-state index contributed by atoms with van der Waals surface area (Å²) < 4.78 is 1.29. The molecule has 0 heterocycles. The van der Waals surface area contributed by atoms with Crippen molar-refractivity contribution in [2.75, 3.05) is 4.43 Å². The molecular weight excluding hydrogens is 319 g/mol. The van der Waals surface area contributed by atoms with Crippen LogP contribution < -0.4 is 0 Å². The van der Waals surface area contributed by atoms with Gasteiger partial charge in [-0.2, -0.15) is 0 Å². The molecule has 0 bridgehead atoms. The van der Waals surface area contributed by atoms with E-state index in [-0.39, 0.29) is 0 Å². The molecule has 98 valence electrons. The molecule has 0 spiro atoms. The highest BCUT2D eigenvalue weighted by molar-refractivity contribution is 14.1. The molecule has 0 N–H and O–H groups in total. The lowest BCUT2D eigenvalue weighted by molar-refractivity contribution is 0.261. The highest BCUT2D eigenvalue weighted by Crippen LogP contribution is 2.38. The second kappa shape index (κ2) is 11.1. The number of unbranched alkanes of at least 4 members (excludes halogenated alkanes) is 3. The molecule has 0 aliphatic rings. The van der Waals surface area contributed by atoms with Gasteiger partial charge in [0.25, 0.3) is 0 Å². The smallest absolute Gasteiger partial charge is 0.000473 e. The lowest BCUT2D eigenvalue weighted by atomic mass is 9.74. The molecule has 0 aliphatic heterocycles. The predicted molar refractivity (Wildman–Crippen MR) is 88.8 cm³/mol. The summed E-state index contributed by atoms with van der Waals surface area (Å²) in [5.74, 6) is 0. The molecule has 0 rings (SSSR count). The quantitative estimate of drug-likeness (QED) is 0.174. The minimum absolute atomic E-state index is 0.343. The largest absolute Gasteiger partial charge is 0.103 e. The summed E-state index contributed by atoms with van der Waals surface area (Å²) in [4.78, 5) is 0. The molecule has 0 saturated heterocycles. The molecule has 0 aromatic carbocycles. The Hall–Kier alpha value is -0.0500. The normalized spacial score (nSPS) is 11.1. The zero-order valence-corrected chi connectivity index (χ0v) is 13.3. The lowest BCUT2D eigenvalue weighted by Gasteiger charge is -2.31. The molecule has 0 nitrogen and oxygen atoms in total. The van der Waals surface area contributed by atoms with Crippen LogP contribution in [0.1, 0.15) is 51.4 Å². The van der Waals surface area contributed by atoms with Crippen molar-refractivity contribution in [2.24, 2.45) is 5.41 Å². The van der Waals surface area contributed by atoms with Crippen LogP contribution in [0.3, 0.4) is 0 Å². The second-order valence-corrected chi connectivity index (χ2v) is 5.91. The van der Waals surface area contributed by atoms with E-state index < -0.39 is 0 Å². The first kappa shape index (κ1) is 16.9. The Labute approximate surface area is 121 Å². The molecule has 17 heavy (non-hydrogen) atoms. The van der Waals surface area contributed by atoms with E-state index in [0.29, 0.717) is 5.41 Å². The van der Waals surface area contributed by atoms with Gasteiger partial charge in [0.2, 0.25) is 0 Å². The van der Waals surface area contributed by atoms with Crippen LogP contribution >= 0.6 is 22.6 Å². The van der Waals surface area contributed by atoms with Crippen molar-refractivity contribution in [3.05, 3.63) is 38.0 Å². The predicted octanol–water partition coefficient (Wildman–Crippen LogP) is 6.09. The summed E-state index contributed by atoms with van der Waals surface area (Å²) in [7, 11) is 0. The third-order valence-electron chi connectivity index (χ3n) is 3.32. The maximum Gasteiger partial charge on any atom is -0.000473 e. The molecule has 0 aliphatic carbocycles. The third-order valence-corrected chi connectivity index (χ3v) is 4.09. The Morgan fingerprint density at radius 3 is 1.65 bits per heavy atom. The zero-order valence-electron chi connectivity index (χ0n) is 11.1. The van der Waals surface area contributed by atoms with E-state index in [1.165, 1.54) is 36.5 Å². The third kappa shape index (κ3) is 7.80. The average molecular weight is 346 g/mol. The van der Waals surface area contributed by atoms with Gasteiger partial charge >= 0.3 is 0 Å². The number of hydrogen-bond acceptors (Lipinski definition) is 0. The fraction of sp³-hybridized carbons (Fsp3) is 0.625. The molecule has 0 amide bonds. The maximum absolute atomic E-state index is 3.90. The summed E-state index contributed by atoms with van der Waals surface area (Å²) >= 11 is 2.46. The molecule has 0 unspecified atom stereocenters. The van der Waals surface area contributed by atoms with Gasteiger partial charge in [0.15, 0.2) is 0 Å². The average Bonchev–Trinajstić information content (AvgIpc) is 2.30. The molecule has 1 heteroatoms. The van der Waals surface area contributed by atoms with Gasteiger partial charge in [-0.15, -0.1) is 19.7 Å². The van der Waals surface area contributed by atoms with Crippen molar-refractivity contribution in [3.8, 4) is 0 Å². The molecule has 0 aromatic rings. The van der Waals surface area contributed by atoms with Crippen LogP contribution in [-0.4, -0.2) is 4.43 Å². The van der Waals surface area contributed by atoms with Gasteiger partial charge < -0.3 is 0 Å². The zero-order chi connectivity index (χ0) is 13.0. The number of halogens is 1. The fourth-order valence-corrected chi connectivity index (χ4v) is 2.96. The SMILES string of the molecule is C=CCC(CC=C)(CC=C)CCCCCCI. The monoisotopic (exact) mass is 346 g/mol. The minimum Gasteiger partial charge on any atom is -0.103 e. The van der Waals surface area contributed by atoms with E-state index in [0.717, 1.165) is 19.3 Å². The highest BCUT2D eigenvalue weighted by Gasteiger charge is 2.25. The first-order valence-corrected chi connectivity index (χ1v) is 8.16. The van der Waals surface area contributed by atoms with Crippen LogP contribution in [0.25, 0.3) is 0 Å². The molecule has 0 saturated carbocycles. The Morgan fingerprint density at radius 1 is 0.765 bits per heavy atom. The number of hydrogen-bond donors (Lipinski definition) is 0. The number of alkyl halides is 1. The van der Waals surface area contributed by atoms with Gasteiger partial charge in [0.1, 0.15) is 0 Å². The van der Waals surface area contributed by atoms with E-state index in [9.17, 15) is 0 Å². The molecular formula is C16H27I. The first-order chi connectivity index (χ1) is 8.24. The van der Waals surface area contributed by atoms with Crippen LogP contribution in [0, 0.1) is 5.41 Å². The van der Waals surface area contributed by atoms with Crippen molar-refractivity contribution in [1.29, 1.82) is 0 Å². The van der Waals surface area contributed by atoms with E-state index in [2.05, 4.69) is 60.6 Å². The first-order valence-electron chi connectivity index (χ1n) is 6.63. The van der Waals surface area contributed by atoms with Crippen LogP contribution in [0.2, 0.25) is 0 Å². The van der Waals surface area contributed by atoms with Crippen molar-refractivity contribution in [1.82, 2.24) is 0 Å². The van der Waals surface area contributed by atoms with Gasteiger partial charge in [0.05, 0.1) is 0 Å².